The van der Waals surface area contributed by atoms with Gasteiger partial charge in [-0.05, 0) is 23.8 Å². The van der Waals surface area contributed by atoms with Crippen LogP contribution in [0.3, 0.4) is 0 Å². The summed E-state index contributed by atoms with van der Waals surface area (Å²) in [6, 6.07) is 7.85. The number of nitrogens with zero attached hydrogens (tertiary/aromatic N) is 1. The largest absolute Gasteiger partial charge is 0.416 e. The molecule has 2 amide bonds. The first-order chi connectivity index (χ1) is 12.2. The fraction of sp³-hybridized carbons (Fsp3) is 0.188. The van der Waals surface area contributed by atoms with Crippen molar-refractivity contribution in [3.8, 4) is 0 Å². The predicted molar refractivity (Wildman–Crippen MR) is 92.7 cm³/mol. The van der Waals surface area contributed by atoms with E-state index in [9.17, 15) is 22.8 Å². The summed E-state index contributed by atoms with van der Waals surface area (Å²) in [5, 5.41) is 1.96. The molecule has 1 atom stereocenters. The summed E-state index contributed by atoms with van der Waals surface area (Å²) in [6.45, 7) is 0. The Morgan fingerprint density at radius 2 is 1.92 bits per heavy atom. The van der Waals surface area contributed by atoms with Gasteiger partial charge in [-0.1, -0.05) is 29.8 Å². The van der Waals surface area contributed by atoms with Crippen LogP contribution < -0.4 is 10.0 Å². The third kappa shape index (κ3) is 4.89. The minimum atomic E-state index is -4.59. The molecule has 2 aromatic rings. The topological polar surface area (TPSA) is 71.1 Å². The van der Waals surface area contributed by atoms with E-state index in [0.717, 1.165) is 18.3 Å². The lowest BCUT2D eigenvalue weighted by Crippen LogP contribution is -2.29. The number of alkyl halides is 3. The fourth-order valence-electron chi connectivity index (χ4n) is 2.13. The zero-order chi connectivity index (χ0) is 19.3. The number of carbonyl (C=O) groups is 2. The van der Waals surface area contributed by atoms with Gasteiger partial charge in [-0.15, -0.1) is 0 Å². The number of rotatable bonds is 3. The van der Waals surface area contributed by atoms with Crippen LogP contribution in [0.15, 0.2) is 42.6 Å². The quantitative estimate of drug-likeness (QED) is 0.760. The van der Waals surface area contributed by atoms with Gasteiger partial charge in [0.1, 0.15) is 5.92 Å². The number of aromatic nitrogens is 1. The maximum atomic E-state index is 13.0. The molecule has 2 N–H and O–H groups in total. The molecular weight excluding hydrogens is 391 g/mol. The van der Waals surface area contributed by atoms with Gasteiger partial charge in [0, 0.05) is 18.3 Å². The molecule has 0 aliphatic rings. The Bertz CT molecular complexity index is 817. The van der Waals surface area contributed by atoms with E-state index in [4.69, 9.17) is 11.6 Å². The van der Waals surface area contributed by atoms with Crippen molar-refractivity contribution in [2.24, 2.45) is 0 Å². The minimum absolute atomic E-state index is 0.136. The summed E-state index contributed by atoms with van der Waals surface area (Å²) in [4.78, 5) is 27.8. The fourth-order valence-corrected chi connectivity index (χ4v) is 2.79. The van der Waals surface area contributed by atoms with Crippen LogP contribution in [0.4, 0.5) is 18.0 Å². The highest BCUT2D eigenvalue weighted by molar-refractivity contribution is 8.12. The highest BCUT2D eigenvalue weighted by Gasteiger charge is 2.33. The summed E-state index contributed by atoms with van der Waals surface area (Å²) >= 11 is 6.59. The van der Waals surface area contributed by atoms with Crippen molar-refractivity contribution in [3.05, 3.63) is 64.4 Å². The Labute approximate surface area is 156 Å². The molecule has 0 aliphatic carbocycles. The van der Waals surface area contributed by atoms with Crippen molar-refractivity contribution >= 4 is 34.7 Å². The number of benzene rings is 1. The van der Waals surface area contributed by atoms with Crippen molar-refractivity contribution in [1.82, 2.24) is 15.0 Å². The van der Waals surface area contributed by atoms with E-state index < -0.39 is 28.8 Å². The summed E-state index contributed by atoms with van der Waals surface area (Å²) in [7, 11) is 1.38. The van der Waals surface area contributed by atoms with Crippen molar-refractivity contribution in [1.29, 1.82) is 0 Å². The molecule has 1 heterocycles. The number of hydrogen-bond acceptors (Lipinski definition) is 4. The molecule has 0 bridgehead atoms. The Balaban J connectivity index is 2.46. The summed E-state index contributed by atoms with van der Waals surface area (Å²) in [5.41, 5.74) is -0.801. The first-order valence-corrected chi connectivity index (χ1v) is 8.39. The monoisotopic (exact) mass is 403 g/mol. The molecule has 0 fully saturated rings. The summed E-state index contributed by atoms with van der Waals surface area (Å²) < 4.78 is 41.3. The number of pyridine rings is 1. The standard InChI is InChI=1S/C16H13ClF3N3O2S/c1-21-15(25)26-23-14(24)13(10-4-2-3-5-11(10)17)12-8-9(6-7-22-12)16(18,19)20/h2-8,13H,1H3,(H,21,25)(H,23,24). The van der Waals surface area contributed by atoms with Crippen LogP contribution in [0.5, 0.6) is 0 Å². The number of carbonyl (C=O) groups excluding carboxylic acids is 2. The van der Waals surface area contributed by atoms with Crippen LogP contribution in [-0.4, -0.2) is 23.2 Å². The Kier molecular flexibility index (Phi) is 6.49. The molecule has 1 aromatic heterocycles. The lowest BCUT2D eigenvalue weighted by Gasteiger charge is -2.18. The first kappa shape index (κ1) is 20.1. The van der Waals surface area contributed by atoms with Crippen LogP contribution in [0.25, 0.3) is 0 Å². The van der Waals surface area contributed by atoms with Gasteiger partial charge in [-0.3, -0.25) is 19.3 Å². The minimum Gasteiger partial charge on any atom is -0.349 e. The lowest BCUT2D eigenvalue weighted by molar-refractivity contribution is -0.137. The third-order valence-corrected chi connectivity index (χ3v) is 4.37. The maximum Gasteiger partial charge on any atom is 0.416 e. The van der Waals surface area contributed by atoms with Gasteiger partial charge in [0.15, 0.2) is 0 Å². The Morgan fingerprint density at radius 1 is 1.23 bits per heavy atom. The highest BCUT2D eigenvalue weighted by atomic mass is 35.5. The molecule has 5 nitrogen and oxygen atoms in total. The molecule has 1 aromatic carbocycles. The van der Waals surface area contributed by atoms with Crippen molar-refractivity contribution < 1.29 is 22.8 Å². The molecule has 0 saturated heterocycles. The highest BCUT2D eigenvalue weighted by Crippen LogP contribution is 2.34. The number of nitrogens with one attached hydrogen (secondary N) is 2. The van der Waals surface area contributed by atoms with E-state index in [1.807, 2.05) is 0 Å². The smallest absolute Gasteiger partial charge is 0.349 e. The van der Waals surface area contributed by atoms with Gasteiger partial charge in [-0.2, -0.15) is 13.2 Å². The van der Waals surface area contributed by atoms with Gasteiger partial charge in [-0.25, -0.2) is 0 Å². The van der Waals surface area contributed by atoms with E-state index in [1.165, 1.54) is 19.2 Å². The van der Waals surface area contributed by atoms with Gasteiger partial charge in [0.05, 0.1) is 23.2 Å². The lowest BCUT2D eigenvalue weighted by atomic mass is 9.93. The van der Waals surface area contributed by atoms with Crippen molar-refractivity contribution in [2.75, 3.05) is 7.05 Å². The number of hydrogen-bond donors (Lipinski definition) is 2. The van der Waals surface area contributed by atoms with E-state index >= 15 is 0 Å². The molecule has 0 radical (unpaired) electrons. The van der Waals surface area contributed by atoms with E-state index in [-0.39, 0.29) is 16.3 Å². The normalized spacial score (nSPS) is 12.3. The molecular formula is C16H13ClF3N3O2S. The second-order valence-electron chi connectivity index (χ2n) is 5.03. The second kappa shape index (κ2) is 8.41. The Hall–Kier alpha value is -2.26. The molecule has 10 heteroatoms. The maximum absolute atomic E-state index is 13.0. The molecule has 2 rings (SSSR count). The first-order valence-electron chi connectivity index (χ1n) is 7.20. The van der Waals surface area contributed by atoms with Crippen molar-refractivity contribution in [2.45, 2.75) is 12.1 Å². The Morgan fingerprint density at radius 3 is 2.54 bits per heavy atom. The van der Waals surface area contributed by atoms with Crippen LogP contribution >= 0.6 is 23.5 Å². The van der Waals surface area contributed by atoms with E-state index in [1.54, 1.807) is 12.1 Å². The van der Waals surface area contributed by atoms with E-state index in [2.05, 4.69) is 15.0 Å². The molecule has 0 spiro atoms. The SMILES string of the molecule is CNC(=O)SNC(=O)C(c1cc(C(F)(F)F)ccn1)c1ccccc1Cl. The summed E-state index contributed by atoms with van der Waals surface area (Å²) in [6.07, 6.45) is -3.61. The predicted octanol–water partition coefficient (Wildman–Crippen LogP) is 3.99. The van der Waals surface area contributed by atoms with Gasteiger partial charge >= 0.3 is 6.18 Å². The van der Waals surface area contributed by atoms with Crippen LogP contribution in [0.1, 0.15) is 22.7 Å². The van der Waals surface area contributed by atoms with Gasteiger partial charge in [0.25, 0.3) is 5.24 Å². The van der Waals surface area contributed by atoms with Crippen LogP contribution in [0.2, 0.25) is 5.02 Å². The molecule has 0 saturated carbocycles. The van der Waals surface area contributed by atoms with Gasteiger partial charge in [0.2, 0.25) is 5.91 Å². The second-order valence-corrected chi connectivity index (χ2v) is 6.21. The molecule has 26 heavy (non-hydrogen) atoms. The van der Waals surface area contributed by atoms with Crippen LogP contribution in [-0.2, 0) is 11.0 Å². The third-order valence-electron chi connectivity index (χ3n) is 3.33. The molecule has 1 unspecified atom stereocenters. The average Bonchev–Trinajstić information content (AvgIpc) is 2.61. The number of halogens is 4. The zero-order valence-corrected chi connectivity index (χ0v) is 14.9. The molecule has 0 aliphatic heterocycles. The summed E-state index contributed by atoms with van der Waals surface area (Å²) in [5.74, 6) is -1.94. The molecule has 138 valence electrons. The average molecular weight is 404 g/mol. The number of amides is 2. The van der Waals surface area contributed by atoms with Crippen molar-refractivity contribution in [3.63, 3.8) is 0 Å². The zero-order valence-electron chi connectivity index (χ0n) is 13.3. The van der Waals surface area contributed by atoms with Crippen LogP contribution in [0, 0.1) is 0 Å². The van der Waals surface area contributed by atoms with E-state index in [0.29, 0.717) is 11.9 Å². The van der Waals surface area contributed by atoms with Gasteiger partial charge < -0.3 is 5.32 Å².